The van der Waals surface area contributed by atoms with Gasteiger partial charge in [0.05, 0.1) is 27.9 Å². The molecule has 2 aromatic heterocycles. The molecule has 1 saturated heterocycles. The molecule has 1 fully saturated rings. The van der Waals surface area contributed by atoms with Crippen LogP contribution in [-0.2, 0) is 9.31 Å². The lowest BCUT2D eigenvalue weighted by atomic mass is 9.78. The van der Waals surface area contributed by atoms with Crippen LogP contribution in [0.1, 0.15) is 27.7 Å². The van der Waals surface area contributed by atoms with Gasteiger partial charge in [-0.3, -0.25) is 4.98 Å². The Morgan fingerprint density at radius 3 is 2.28 bits per heavy atom. The summed E-state index contributed by atoms with van der Waals surface area (Å²) in [6.07, 6.45) is 1.88. The summed E-state index contributed by atoms with van der Waals surface area (Å²) in [5, 5.41) is 2.18. The fourth-order valence-electron chi connectivity index (χ4n) is 3.64. The third-order valence-electron chi connectivity index (χ3n) is 6.12. The van der Waals surface area contributed by atoms with Gasteiger partial charge >= 0.3 is 7.12 Å². The van der Waals surface area contributed by atoms with E-state index in [1.807, 2.05) is 42.6 Å². The quantitative estimate of drug-likeness (QED) is 0.470. The van der Waals surface area contributed by atoms with Crippen LogP contribution >= 0.6 is 0 Å². The van der Waals surface area contributed by atoms with E-state index in [0.717, 1.165) is 38.5 Å². The van der Waals surface area contributed by atoms with Gasteiger partial charge in [0, 0.05) is 17.1 Å². The number of fused-ring (bicyclic) bond motifs is 2. The Hall–Kier alpha value is -2.76. The molecule has 5 rings (SSSR count). The molecule has 0 amide bonds. The molecule has 0 N–H and O–H groups in total. The van der Waals surface area contributed by atoms with Crippen molar-refractivity contribution in [2.75, 3.05) is 0 Å². The van der Waals surface area contributed by atoms with Crippen molar-refractivity contribution in [2.45, 2.75) is 38.9 Å². The highest BCUT2D eigenvalue weighted by Crippen LogP contribution is 2.36. The summed E-state index contributed by atoms with van der Waals surface area (Å²) in [7, 11) is -0.367. The summed E-state index contributed by atoms with van der Waals surface area (Å²) in [5.74, 6) is 0. The van der Waals surface area contributed by atoms with Gasteiger partial charge in [0.25, 0.3) is 0 Å². The highest BCUT2D eigenvalue weighted by atomic mass is 16.7. The molecule has 1 aliphatic rings. The maximum Gasteiger partial charge on any atom is 0.494 e. The zero-order chi connectivity index (χ0) is 20.2. The number of rotatable bonds is 2. The number of hydrogen-bond donors (Lipinski definition) is 0. The van der Waals surface area contributed by atoms with Crippen molar-refractivity contribution < 1.29 is 9.31 Å². The van der Waals surface area contributed by atoms with E-state index in [0.29, 0.717) is 0 Å². The smallest absolute Gasteiger partial charge is 0.399 e. The fraction of sp³-hybridized carbons (Fsp3) is 0.250. The first-order chi connectivity index (χ1) is 13.8. The summed E-state index contributed by atoms with van der Waals surface area (Å²) >= 11 is 0. The minimum atomic E-state index is -0.367. The average molecular weight is 382 g/mol. The molecule has 4 nitrogen and oxygen atoms in total. The summed E-state index contributed by atoms with van der Waals surface area (Å²) in [6, 6.07) is 20.6. The number of aromatic nitrogens is 2. The Balaban J connectivity index is 1.50. The van der Waals surface area contributed by atoms with Gasteiger partial charge in [-0.15, -0.1) is 0 Å². The van der Waals surface area contributed by atoms with Gasteiger partial charge in [-0.05, 0) is 62.8 Å². The second-order valence-electron chi connectivity index (χ2n) is 8.65. The van der Waals surface area contributed by atoms with Crippen molar-refractivity contribution in [1.29, 1.82) is 0 Å². The van der Waals surface area contributed by atoms with Crippen LogP contribution in [0.4, 0.5) is 0 Å². The minimum absolute atomic E-state index is 0.349. The highest BCUT2D eigenvalue weighted by Gasteiger charge is 2.51. The molecule has 0 aliphatic carbocycles. The monoisotopic (exact) mass is 382 g/mol. The van der Waals surface area contributed by atoms with E-state index in [1.165, 1.54) is 0 Å². The number of pyridine rings is 2. The summed E-state index contributed by atoms with van der Waals surface area (Å²) in [5.41, 5.74) is 4.17. The van der Waals surface area contributed by atoms with Gasteiger partial charge in [0.15, 0.2) is 0 Å². The van der Waals surface area contributed by atoms with Crippen molar-refractivity contribution in [3.63, 3.8) is 0 Å². The molecule has 0 bridgehead atoms. The van der Waals surface area contributed by atoms with E-state index in [2.05, 4.69) is 56.9 Å². The van der Waals surface area contributed by atoms with Gasteiger partial charge in [-0.1, -0.05) is 36.4 Å². The van der Waals surface area contributed by atoms with E-state index in [1.54, 1.807) is 0 Å². The largest absolute Gasteiger partial charge is 0.494 e. The maximum atomic E-state index is 6.18. The first-order valence-electron chi connectivity index (χ1n) is 9.94. The van der Waals surface area contributed by atoms with Crippen molar-refractivity contribution in [3.8, 4) is 11.3 Å². The Labute approximate surface area is 171 Å². The third-order valence-corrected chi connectivity index (χ3v) is 6.12. The van der Waals surface area contributed by atoms with Crippen molar-refractivity contribution in [1.82, 2.24) is 9.97 Å². The normalized spacial score (nSPS) is 17.9. The second kappa shape index (κ2) is 6.38. The molecule has 0 unspecified atom stereocenters. The zero-order valence-electron chi connectivity index (χ0n) is 17.1. The van der Waals surface area contributed by atoms with Crippen LogP contribution in [-0.4, -0.2) is 28.3 Å². The first-order valence-corrected chi connectivity index (χ1v) is 9.94. The van der Waals surface area contributed by atoms with Crippen LogP contribution in [0.2, 0.25) is 0 Å². The van der Waals surface area contributed by atoms with Crippen molar-refractivity contribution >= 4 is 34.4 Å². The molecule has 1 aliphatic heterocycles. The molecular formula is C24H23BN2O2. The van der Waals surface area contributed by atoms with E-state index in [4.69, 9.17) is 14.3 Å². The molecule has 5 heteroatoms. The molecule has 144 valence electrons. The third kappa shape index (κ3) is 3.11. The summed E-state index contributed by atoms with van der Waals surface area (Å²) in [4.78, 5) is 9.41. The Kier molecular flexibility index (Phi) is 4.02. The van der Waals surface area contributed by atoms with E-state index < -0.39 is 0 Å². The average Bonchev–Trinajstić information content (AvgIpc) is 2.94. The van der Waals surface area contributed by atoms with E-state index in [9.17, 15) is 0 Å². The maximum absolute atomic E-state index is 6.18. The van der Waals surface area contributed by atoms with Gasteiger partial charge in [-0.2, -0.15) is 0 Å². The van der Waals surface area contributed by atoms with Gasteiger partial charge in [0.1, 0.15) is 0 Å². The van der Waals surface area contributed by atoms with Gasteiger partial charge < -0.3 is 9.31 Å². The predicted octanol–water partition coefficient (Wildman–Crippen LogP) is 4.75. The molecule has 29 heavy (non-hydrogen) atoms. The standard InChI is InChI=1S/C24H23BN2O2/c1-23(2)24(3,4)29-25(28-23)19-10-12-21-17(14-19)9-11-22(27-21)18-13-16-7-5-6-8-20(16)26-15-18/h5-15H,1-4H3. The van der Waals surface area contributed by atoms with Gasteiger partial charge in [0.2, 0.25) is 0 Å². The molecule has 0 radical (unpaired) electrons. The number of hydrogen-bond acceptors (Lipinski definition) is 4. The number of nitrogens with zero attached hydrogens (tertiary/aromatic N) is 2. The SMILES string of the molecule is CC1(C)OB(c2ccc3nc(-c4cnc5ccccc5c4)ccc3c2)OC1(C)C. The Morgan fingerprint density at radius 2 is 1.48 bits per heavy atom. The van der Waals surface area contributed by atoms with Crippen LogP contribution in [0.5, 0.6) is 0 Å². The Bertz CT molecular complexity index is 1220. The van der Waals surface area contributed by atoms with Gasteiger partial charge in [-0.25, -0.2) is 4.98 Å². The van der Waals surface area contributed by atoms with Crippen LogP contribution in [0.15, 0.2) is 66.9 Å². The van der Waals surface area contributed by atoms with Crippen LogP contribution in [0.3, 0.4) is 0 Å². The predicted molar refractivity (Wildman–Crippen MR) is 118 cm³/mol. The molecule has 4 aromatic rings. The van der Waals surface area contributed by atoms with E-state index in [-0.39, 0.29) is 18.3 Å². The minimum Gasteiger partial charge on any atom is -0.399 e. The van der Waals surface area contributed by atoms with Crippen LogP contribution in [0, 0.1) is 0 Å². The zero-order valence-corrected chi connectivity index (χ0v) is 17.1. The fourth-order valence-corrected chi connectivity index (χ4v) is 3.64. The van der Waals surface area contributed by atoms with Crippen LogP contribution < -0.4 is 5.46 Å². The molecule has 0 saturated carbocycles. The number of para-hydroxylation sites is 1. The first kappa shape index (κ1) is 18.3. The molecular weight excluding hydrogens is 359 g/mol. The van der Waals surface area contributed by atoms with Crippen molar-refractivity contribution in [3.05, 3.63) is 66.9 Å². The lowest BCUT2D eigenvalue weighted by Gasteiger charge is -2.32. The molecule has 3 heterocycles. The summed E-state index contributed by atoms with van der Waals surface area (Å²) in [6.45, 7) is 8.28. The van der Waals surface area contributed by atoms with E-state index >= 15 is 0 Å². The Morgan fingerprint density at radius 1 is 0.759 bits per heavy atom. The van der Waals surface area contributed by atoms with Crippen LogP contribution in [0.25, 0.3) is 33.1 Å². The lowest BCUT2D eigenvalue weighted by molar-refractivity contribution is 0.00578. The molecule has 2 aromatic carbocycles. The van der Waals surface area contributed by atoms with Crippen molar-refractivity contribution in [2.24, 2.45) is 0 Å². The molecule has 0 atom stereocenters. The second-order valence-corrected chi connectivity index (χ2v) is 8.65. The lowest BCUT2D eigenvalue weighted by Crippen LogP contribution is -2.41. The molecule has 0 spiro atoms. The topological polar surface area (TPSA) is 44.2 Å². The highest BCUT2D eigenvalue weighted by molar-refractivity contribution is 6.62. The number of benzene rings is 2. The summed E-state index contributed by atoms with van der Waals surface area (Å²) < 4.78 is 12.4.